The Balaban J connectivity index is 2.95. The Morgan fingerprint density at radius 3 is 2.64 bits per heavy atom. The summed E-state index contributed by atoms with van der Waals surface area (Å²) in [4.78, 5) is 10.8. The first kappa shape index (κ1) is 8.56. The van der Waals surface area contributed by atoms with Gasteiger partial charge in [-0.3, -0.25) is 4.79 Å². The molecule has 0 heterocycles. The number of benzene rings is 2. The highest BCUT2D eigenvalue weighted by atomic mass is 16.3. The van der Waals surface area contributed by atoms with E-state index in [0.29, 0.717) is 28.3 Å². The zero-order valence-corrected chi connectivity index (χ0v) is 7.40. The molecule has 0 radical (unpaired) electrons. The summed E-state index contributed by atoms with van der Waals surface area (Å²) in [7, 11) is 0. The van der Waals surface area contributed by atoms with Crippen molar-refractivity contribution in [1.82, 2.24) is 0 Å². The summed E-state index contributed by atoms with van der Waals surface area (Å²) in [6.07, 6.45) is 0.705. The molecule has 2 aromatic rings. The fourth-order valence-corrected chi connectivity index (χ4v) is 1.51. The van der Waals surface area contributed by atoms with E-state index < -0.39 is 0 Å². The Kier molecular flexibility index (Phi) is 1.85. The largest absolute Gasteiger partial charge is 0.507 e. The van der Waals surface area contributed by atoms with Gasteiger partial charge in [0, 0.05) is 16.6 Å². The van der Waals surface area contributed by atoms with Gasteiger partial charge >= 0.3 is 0 Å². The highest BCUT2D eigenvalue weighted by molar-refractivity contribution is 6.04. The summed E-state index contributed by atoms with van der Waals surface area (Å²) >= 11 is 0. The van der Waals surface area contributed by atoms with Gasteiger partial charge in [-0.05, 0) is 23.6 Å². The first-order valence-electron chi connectivity index (χ1n) is 4.19. The van der Waals surface area contributed by atoms with Crippen molar-refractivity contribution in [1.29, 1.82) is 0 Å². The zero-order valence-electron chi connectivity index (χ0n) is 7.40. The number of phenolic OH excluding ortho intramolecular Hbond substituents is 1. The molecule has 70 valence electrons. The molecule has 2 aromatic carbocycles. The predicted molar refractivity (Wildman–Crippen MR) is 55.4 cm³/mol. The van der Waals surface area contributed by atoms with Crippen molar-refractivity contribution in [2.75, 3.05) is 5.73 Å². The van der Waals surface area contributed by atoms with E-state index in [2.05, 4.69) is 0 Å². The van der Waals surface area contributed by atoms with Gasteiger partial charge in [-0.25, -0.2) is 0 Å². The van der Waals surface area contributed by atoms with E-state index in [4.69, 9.17) is 5.73 Å². The second kappa shape index (κ2) is 3.03. The molecule has 3 nitrogen and oxygen atoms in total. The van der Waals surface area contributed by atoms with Crippen LogP contribution >= 0.6 is 0 Å². The summed E-state index contributed by atoms with van der Waals surface area (Å²) in [5, 5.41) is 10.8. The normalized spacial score (nSPS) is 10.3. The molecule has 0 fully saturated rings. The highest BCUT2D eigenvalue weighted by Gasteiger charge is 2.06. The van der Waals surface area contributed by atoms with Crippen LogP contribution in [0.5, 0.6) is 5.75 Å². The number of nitrogen functional groups attached to an aromatic ring is 1. The molecular formula is C11H9NO2. The van der Waals surface area contributed by atoms with Gasteiger partial charge in [0.05, 0.1) is 0 Å². The average Bonchev–Trinajstić information content (AvgIpc) is 2.18. The van der Waals surface area contributed by atoms with Crippen molar-refractivity contribution in [2.24, 2.45) is 0 Å². The number of carbonyl (C=O) groups is 1. The number of hydrogen-bond donors (Lipinski definition) is 2. The van der Waals surface area contributed by atoms with Gasteiger partial charge < -0.3 is 10.8 Å². The Morgan fingerprint density at radius 2 is 1.93 bits per heavy atom. The molecule has 0 saturated carbocycles. The lowest BCUT2D eigenvalue weighted by Crippen LogP contribution is -1.93. The molecule has 0 amide bonds. The number of phenols is 1. The minimum atomic E-state index is 0.158. The first-order valence-corrected chi connectivity index (χ1v) is 4.19. The number of fused-ring (bicyclic) bond motifs is 1. The molecule has 0 spiro atoms. The molecule has 2 rings (SSSR count). The van der Waals surface area contributed by atoms with E-state index in [1.165, 1.54) is 0 Å². The summed E-state index contributed by atoms with van der Waals surface area (Å²) in [6.45, 7) is 0. The lowest BCUT2D eigenvalue weighted by molar-refractivity contribution is 0.112. The molecule has 0 unspecified atom stereocenters. The first-order chi connectivity index (χ1) is 6.74. The smallest absolute Gasteiger partial charge is 0.152 e. The quantitative estimate of drug-likeness (QED) is 0.529. The molecule has 0 aliphatic carbocycles. The fraction of sp³-hybridized carbons (Fsp3) is 0. The summed E-state index contributed by atoms with van der Waals surface area (Å²) in [5.41, 5.74) is 6.49. The van der Waals surface area contributed by atoms with Crippen molar-refractivity contribution < 1.29 is 9.90 Å². The van der Waals surface area contributed by atoms with E-state index in [1.54, 1.807) is 30.3 Å². The fourth-order valence-electron chi connectivity index (χ4n) is 1.51. The van der Waals surface area contributed by atoms with Gasteiger partial charge in [0.25, 0.3) is 0 Å². The Bertz CT molecular complexity index is 506. The molecule has 0 atom stereocenters. The van der Waals surface area contributed by atoms with Gasteiger partial charge in [0.15, 0.2) is 6.29 Å². The minimum absolute atomic E-state index is 0.158. The summed E-state index contributed by atoms with van der Waals surface area (Å²) < 4.78 is 0. The van der Waals surface area contributed by atoms with Crippen molar-refractivity contribution in [2.45, 2.75) is 0 Å². The van der Waals surface area contributed by atoms with E-state index in [1.807, 2.05) is 0 Å². The monoisotopic (exact) mass is 187 g/mol. The van der Waals surface area contributed by atoms with Crippen LogP contribution in [-0.4, -0.2) is 11.4 Å². The van der Waals surface area contributed by atoms with Crippen LogP contribution in [0.15, 0.2) is 30.3 Å². The predicted octanol–water partition coefficient (Wildman–Crippen LogP) is 1.94. The standard InChI is InChI=1S/C11H9NO2/c12-10-5-4-8-7(9(10)6-13)2-1-3-11(8)14/h1-6,14H,12H2. The lowest BCUT2D eigenvalue weighted by Gasteiger charge is -2.05. The minimum Gasteiger partial charge on any atom is -0.507 e. The van der Waals surface area contributed by atoms with Gasteiger partial charge in [-0.2, -0.15) is 0 Å². The van der Waals surface area contributed by atoms with Crippen molar-refractivity contribution in [3.05, 3.63) is 35.9 Å². The molecule has 0 saturated heterocycles. The van der Waals surface area contributed by atoms with Crippen LogP contribution < -0.4 is 5.73 Å². The Morgan fingerprint density at radius 1 is 1.14 bits per heavy atom. The lowest BCUT2D eigenvalue weighted by atomic mass is 10.0. The maximum absolute atomic E-state index is 10.8. The number of rotatable bonds is 1. The van der Waals surface area contributed by atoms with Crippen LogP contribution in [0.3, 0.4) is 0 Å². The van der Waals surface area contributed by atoms with Gasteiger partial charge in [0.1, 0.15) is 5.75 Å². The van der Waals surface area contributed by atoms with Crippen LogP contribution in [-0.2, 0) is 0 Å². The van der Waals surface area contributed by atoms with E-state index in [9.17, 15) is 9.90 Å². The Labute approximate surface area is 80.8 Å². The van der Waals surface area contributed by atoms with E-state index in [0.717, 1.165) is 0 Å². The molecule has 0 aliphatic heterocycles. The molecular weight excluding hydrogens is 178 g/mol. The van der Waals surface area contributed by atoms with Crippen molar-refractivity contribution in [3.8, 4) is 5.75 Å². The average molecular weight is 187 g/mol. The van der Waals surface area contributed by atoms with Crippen molar-refractivity contribution in [3.63, 3.8) is 0 Å². The number of anilines is 1. The number of nitrogens with two attached hydrogens (primary N) is 1. The Hall–Kier alpha value is -2.03. The number of aromatic hydroxyl groups is 1. The number of carbonyl (C=O) groups excluding carboxylic acids is 1. The maximum atomic E-state index is 10.8. The van der Waals surface area contributed by atoms with Gasteiger partial charge in [-0.15, -0.1) is 0 Å². The molecule has 14 heavy (non-hydrogen) atoms. The third-order valence-electron chi connectivity index (χ3n) is 2.23. The summed E-state index contributed by atoms with van der Waals surface area (Å²) in [5.74, 6) is 0.158. The van der Waals surface area contributed by atoms with E-state index >= 15 is 0 Å². The highest BCUT2D eigenvalue weighted by Crippen LogP contribution is 2.28. The SMILES string of the molecule is Nc1ccc2c(O)cccc2c1C=O. The third-order valence-corrected chi connectivity index (χ3v) is 2.23. The topological polar surface area (TPSA) is 63.3 Å². The summed E-state index contributed by atoms with van der Waals surface area (Å²) in [6, 6.07) is 8.34. The molecule has 3 heteroatoms. The van der Waals surface area contributed by atoms with E-state index in [-0.39, 0.29) is 5.75 Å². The third kappa shape index (κ3) is 1.10. The van der Waals surface area contributed by atoms with Crippen LogP contribution in [0.25, 0.3) is 10.8 Å². The van der Waals surface area contributed by atoms with Gasteiger partial charge in [-0.1, -0.05) is 12.1 Å². The maximum Gasteiger partial charge on any atom is 0.152 e. The second-order valence-electron chi connectivity index (χ2n) is 3.06. The zero-order chi connectivity index (χ0) is 10.1. The number of hydrogen-bond acceptors (Lipinski definition) is 3. The molecule has 3 N–H and O–H groups in total. The van der Waals surface area contributed by atoms with Crippen LogP contribution in [0.1, 0.15) is 10.4 Å². The van der Waals surface area contributed by atoms with Crippen LogP contribution in [0.4, 0.5) is 5.69 Å². The molecule has 0 bridgehead atoms. The number of aldehydes is 1. The van der Waals surface area contributed by atoms with Crippen LogP contribution in [0, 0.1) is 0 Å². The molecule has 0 aliphatic rings. The molecule has 0 aromatic heterocycles. The van der Waals surface area contributed by atoms with Gasteiger partial charge in [0.2, 0.25) is 0 Å². The second-order valence-corrected chi connectivity index (χ2v) is 3.06. The van der Waals surface area contributed by atoms with Crippen LogP contribution in [0.2, 0.25) is 0 Å². The van der Waals surface area contributed by atoms with Crippen molar-refractivity contribution >= 4 is 22.7 Å².